The van der Waals surface area contributed by atoms with Gasteiger partial charge in [0.15, 0.2) is 0 Å². The third kappa shape index (κ3) is 2.94. The van der Waals surface area contributed by atoms with E-state index in [4.69, 9.17) is 0 Å². The highest BCUT2D eigenvalue weighted by atomic mass is 16.4. The summed E-state index contributed by atoms with van der Waals surface area (Å²) >= 11 is 0. The molecule has 1 saturated heterocycles. The topological polar surface area (TPSA) is 57.6 Å². The Morgan fingerprint density at radius 2 is 1.81 bits per heavy atom. The van der Waals surface area contributed by atoms with E-state index in [-0.39, 0.29) is 17.7 Å². The van der Waals surface area contributed by atoms with Crippen LogP contribution in [-0.2, 0) is 21.4 Å². The zero-order valence-corrected chi connectivity index (χ0v) is 13.1. The normalized spacial score (nSPS) is 21.8. The molecule has 1 fully saturated rings. The molecule has 1 atom stereocenters. The SMILES string of the molecule is CC(C)(C)c1ccc(CC(=O)N2CCC2(C)C(=O)O)cc1. The fourth-order valence-corrected chi connectivity index (χ4v) is 2.57. The van der Waals surface area contributed by atoms with Gasteiger partial charge >= 0.3 is 5.97 Å². The Hall–Kier alpha value is -1.84. The Morgan fingerprint density at radius 3 is 2.19 bits per heavy atom. The molecule has 2 rings (SSSR count). The van der Waals surface area contributed by atoms with E-state index in [1.807, 2.05) is 24.3 Å². The van der Waals surface area contributed by atoms with Gasteiger partial charge in [0, 0.05) is 6.54 Å². The maximum atomic E-state index is 12.3. The maximum Gasteiger partial charge on any atom is 0.329 e. The largest absolute Gasteiger partial charge is 0.480 e. The number of benzene rings is 1. The lowest BCUT2D eigenvalue weighted by Gasteiger charge is -2.47. The average Bonchev–Trinajstić information content (AvgIpc) is 2.35. The van der Waals surface area contributed by atoms with E-state index in [1.54, 1.807) is 6.92 Å². The third-order valence-electron chi connectivity index (χ3n) is 4.36. The first kappa shape index (κ1) is 15.5. The van der Waals surface area contributed by atoms with Gasteiger partial charge in [-0.25, -0.2) is 4.79 Å². The quantitative estimate of drug-likeness (QED) is 0.930. The standard InChI is InChI=1S/C17H23NO3/c1-16(2,3)13-7-5-12(6-8-13)11-14(19)18-10-9-17(18,4)15(20)21/h5-8H,9-11H2,1-4H3,(H,20,21). The Morgan fingerprint density at radius 1 is 1.24 bits per heavy atom. The van der Waals surface area contributed by atoms with Gasteiger partial charge in [0.05, 0.1) is 6.42 Å². The molecule has 0 bridgehead atoms. The zero-order chi connectivity index (χ0) is 15.8. The van der Waals surface area contributed by atoms with E-state index in [1.165, 1.54) is 10.5 Å². The summed E-state index contributed by atoms with van der Waals surface area (Å²) in [4.78, 5) is 25.0. The van der Waals surface area contributed by atoms with Crippen molar-refractivity contribution in [1.29, 1.82) is 0 Å². The molecule has 1 amide bonds. The average molecular weight is 289 g/mol. The van der Waals surface area contributed by atoms with Crippen LogP contribution in [0.1, 0.15) is 45.2 Å². The van der Waals surface area contributed by atoms with Crippen LogP contribution in [-0.4, -0.2) is 34.0 Å². The monoisotopic (exact) mass is 289 g/mol. The summed E-state index contributed by atoms with van der Waals surface area (Å²) in [5.74, 6) is -1.04. The van der Waals surface area contributed by atoms with Crippen molar-refractivity contribution in [2.24, 2.45) is 0 Å². The molecule has 0 radical (unpaired) electrons. The highest BCUT2D eigenvalue weighted by Gasteiger charge is 2.49. The molecule has 1 unspecified atom stereocenters. The number of carbonyl (C=O) groups excluding carboxylic acids is 1. The van der Waals surface area contributed by atoms with Crippen LogP contribution in [0.25, 0.3) is 0 Å². The minimum Gasteiger partial charge on any atom is -0.480 e. The number of carboxylic acid groups (broad SMARTS) is 1. The van der Waals surface area contributed by atoms with Gasteiger partial charge in [-0.2, -0.15) is 0 Å². The number of hydrogen-bond donors (Lipinski definition) is 1. The second-order valence-corrected chi connectivity index (χ2v) is 7.00. The lowest BCUT2D eigenvalue weighted by molar-refractivity contribution is -0.168. The van der Waals surface area contributed by atoms with Gasteiger partial charge < -0.3 is 10.0 Å². The molecule has 1 heterocycles. The summed E-state index contributed by atoms with van der Waals surface area (Å²) in [7, 11) is 0. The molecule has 0 spiro atoms. The van der Waals surface area contributed by atoms with E-state index < -0.39 is 11.5 Å². The Kier molecular flexibility index (Phi) is 3.83. The summed E-state index contributed by atoms with van der Waals surface area (Å²) < 4.78 is 0. The number of nitrogens with zero attached hydrogens (tertiary/aromatic N) is 1. The van der Waals surface area contributed by atoms with Crippen molar-refractivity contribution in [2.75, 3.05) is 6.54 Å². The molecule has 1 aromatic rings. The Bertz CT molecular complexity index is 556. The van der Waals surface area contributed by atoms with Gasteiger partial charge in [-0.15, -0.1) is 0 Å². The molecule has 1 aliphatic rings. The van der Waals surface area contributed by atoms with Crippen molar-refractivity contribution >= 4 is 11.9 Å². The Labute approximate surface area is 125 Å². The fourth-order valence-electron chi connectivity index (χ4n) is 2.57. The molecular weight excluding hydrogens is 266 g/mol. The summed E-state index contributed by atoms with van der Waals surface area (Å²) in [6, 6.07) is 7.98. The summed E-state index contributed by atoms with van der Waals surface area (Å²) in [6.07, 6.45) is 0.782. The van der Waals surface area contributed by atoms with Gasteiger partial charge in [-0.1, -0.05) is 45.0 Å². The van der Waals surface area contributed by atoms with Crippen molar-refractivity contribution in [3.8, 4) is 0 Å². The third-order valence-corrected chi connectivity index (χ3v) is 4.36. The molecule has 0 aliphatic carbocycles. The second-order valence-electron chi connectivity index (χ2n) is 7.00. The van der Waals surface area contributed by atoms with Crippen LogP contribution in [0.5, 0.6) is 0 Å². The first-order valence-corrected chi connectivity index (χ1v) is 7.28. The van der Waals surface area contributed by atoms with Crippen molar-refractivity contribution in [1.82, 2.24) is 4.90 Å². The van der Waals surface area contributed by atoms with Gasteiger partial charge in [0.1, 0.15) is 5.54 Å². The number of likely N-dealkylation sites (tertiary alicyclic amines) is 1. The number of amides is 1. The number of carbonyl (C=O) groups is 2. The van der Waals surface area contributed by atoms with E-state index in [2.05, 4.69) is 20.8 Å². The van der Waals surface area contributed by atoms with Crippen LogP contribution < -0.4 is 0 Å². The molecular formula is C17H23NO3. The number of carboxylic acids is 1. The number of hydrogen-bond acceptors (Lipinski definition) is 2. The fraction of sp³-hybridized carbons (Fsp3) is 0.529. The van der Waals surface area contributed by atoms with Gasteiger partial charge in [-0.3, -0.25) is 4.79 Å². The first-order valence-electron chi connectivity index (χ1n) is 7.28. The maximum absolute atomic E-state index is 12.3. The minimum atomic E-state index is -1.03. The van der Waals surface area contributed by atoms with Crippen LogP contribution in [0, 0.1) is 0 Å². The van der Waals surface area contributed by atoms with E-state index in [0.717, 1.165) is 5.56 Å². The number of rotatable bonds is 3. The van der Waals surface area contributed by atoms with Crippen LogP contribution >= 0.6 is 0 Å². The first-order chi connectivity index (χ1) is 9.64. The predicted octanol–water partition coefficient (Wildman–Crippen LogP) is 2.60. The van der Waals surface area contributed by atoms with Gasteiger partial charge in [0.2, 0.25) is 5.91 Å². The van der Waals surface area contributed by atoms with Crippen LogP contribution in [0.15, 0.2) is 24.3 Å². The smallest absolute Gasteiger partial charge is 0.329 e. The number of aliphatic carboxylic acids is 1. The highest BCUT2D eigenvalue weighted by Crippen LogP contribution is 2.31. The molecule has 114 valence electrons. The van der Waals surface area contributed by atoms with Crippen molar-refractivity contribution in [3.63, 3.8) is 0 Å². The van der Waals surface area contributed by atoms with Crippen LogP contribution in [0.3, 0.4) is 0 Å². The van der Waals surface area contributed by atoms with Crippen molar-refractivity contribution in [3.05, 3.63) is 35.4 Å². The highest BCUT2D eigenvalue weighted by molar-refractivity contribution is 5.89. The molecule has 4 nitrogen and oxygen atoms in total. The zero-order valence-electron chi connectivity index (χ0n) is 13.1. The van der Waals surface area contributed by atoms with Crippen molar-refractivity contribution < 1.29 is 14.7 Å². The Balaban J connectivity index is 2.06. The van der Waals surface area contributed by atoms with Crippen LogP contribution in [0.2, 0.25) is 0 Å². The molecule has 1 aliphatic heterocycles. The predicted molar refractivity (Wildman–Crippen MR) is 81.2 cm³/mol. The summed E-state index contributed by atoms with van der Waals surface area (Å²) in [6.45, 7) is 8.57. The molecule has 0 saturated carbocycles. The summed E-state index contributed by atoms with van der Waals surface area (Å²) in [5.41, 5.74) is 1.20. The van der Waals surface area contributed by atoms with Crippen molar-refractivity contribution in [2.45, 2.75) is 51.5 Å². The van der Waals surface area contributed by atoms with Crippen LogP contribution in [0.4, 0.5) is 0 Å². The molecule has 0 aromatic heterocycles. The molecule has 21 heavy (non-hydrogen) atoms. The van der Waals surface area contributed by atoms with E-state index in [0.29, 0.717) is 13.0 Å². The van der Waals surface area contributed by atoms with E-state index in [9.17, 15) is 14.7 Å². The van der Waals surface area contributed by atoms with Gasteiger partial charge in [-0.05, 0) is 29.9 Å². The minimum absolute atomic E-state index is 0.0852. The van der Waals surface area contributed by atoms with E-state index >= 15 is 0 Å². The van der Waals surface area contributed by atoms with Gasteiger partial charge in [0.25, 0.3) is 0 Å². The molecule has 1 N–H and O–H groups in total. The summed E-state index contributed by atoms with van der Waals surface area (Å²) in [5, 5.41) is 9.21. The molecule has 4 heteroatoms. The lowest BCUT2D eigenvalue weighted by atomic mass is 9.85. The molecule has 1 aromatic carbocycles. The second kappa shape index (κ2) is 5.17. The lowest BCUT2D eigenvalue weighted by Crippen LogP contribution is -2.64.